The van der Waals surface area contributed by atoms with E-state index in [1.165, 1.54) is 0 Å². The van der Waals surface area contributed by atoms with E-state index in [2.05, 4.69) is 0 Å². The zero-order chi connectivity index (χ0) is 13.7. The minimum Gasteiger partial charge on any atom is -0.497 e. The van der Waals surface area contributed by atoms with Gasteiger partial charge in [-0.15, -0.1) is 0 Å². The minimum absolute atomic E-state index is 0.0428. The first kappa shape index (κ1) is 13.4. The number of nitrogens with two attached hydrogens (primary N) is 1. The number of methoxy groups -OCH3 is 1. The second-order valence-corrected chi connectivity index (χ2v) is 4.54. The van der Waals surface area contributed by atoms with Crippen molar-refractivity contribution in [2.45, 2.75) is 13.0 Å². The van der Waals surface area contributed by atoms with Crippen LogP contribution in [0.2, 0.25) is 0 Å². The van der Waals surface area contributed by atoms with E-state index in [1.54, 1.807) is 7.11 Å². The van der Waals surface area contributed by atoms with E-state index in [0.717, 1.165) is 22.6 Å². The monoisotopic (exact) mass is 257 g/mol. The van der Waals surface area contributed by atoms with Crippen LogP contribution in [0.3, 0.4) is 0 Å². The maximum absolute atomic E-state index is 5.65. The summed E-state index contributed by atoms with van der Waals surface area (Å²) in [4.78, 5) is 0. The standard InChI is InChI=1S/C16H19NO2/c1-12(17)11-19-16-9-5-14(6-10-16)13-3-7-15(18-2)8-4-13/h3-10,12H,11,17H2,1-2H3. The van der Waals surface area contributed by atoms with Gasteiger partial charge < -0.3 is 15.2 Å². The van der Waals surface area contributed by atoms with Gasteiger partial charge in [0, 0.05) is 6.04 Å². The first-order valence-corrected chi connectivity index (χ1v) is 6.32. The molecule has 2 rings (SSSR count). The van der Waals surface area contributed by atoms with Crippen LogP contribution in [0.25, 0.3) is 11.1 Å². The summed E-state index contributed by atoms with van der Waals surface area (Å²) in [7, 11) is 1.67. The summed E-state index contributed by atoms with van der Waals surface area (Å²) in [6, 6.07) is 16.0. The number of hydrogen-bond acceptors (Lipinski definition) is 3. The number of ether oxygens (including phenoxy) is 2. The Morgan fingerprint density at radius 1 is 0.895 bits per heavy atom. The Labute approximate surface area is 114 Å². The zero-order valence-corrected chi connectivity index (χ0v) is 11.3. The topological polar surface area (TPSA) is 44.5 Å². The fourth-order valence-electron chi connectivity index (χ4n) is 1.75. The average molecular weight is 257 g/mol. The van der Waals surface area contributed by atoms with Crippen molar-refractivity contribution >= 4 is 0 Å². The van der Waals surface area contributed by atoms with Crippen molar-refractivity contribution in [2.24, 2.45) is 5.73 Å². The number of hydrogen-bond donors (Lipinski definition) is 1. The van der Waals surface area contributed by atoms with E-state index in [0.29, 0.717) is 6.61 Å². The van der Waals surface area contributed by atoms with Gasteiger partial charge in [0.1, 0.15) is 18.1 Å². The van der Waals surface area contributed by atoms with Gasteiger partial charge in [0.25, 0.3) is 0 Å². The van der Waals surface area contributed by atoms with Crippen molar-refractivity contribution in [3.63, 3.8) is 0 Å². The number of benzene rings is 2. The van der Waals surface area contributed by atoms with Gasteiger partial charge in [0.05, 0.1) is 7.11 Å². The predicted octanol–water partition coefficient (Wildman–Crippen LogP) is 3.09. The van der Waals surface area contributed by atoms with Crippen LogP contribution in [-0.4, -0.2) is 19.8 Å². The van der Waals surface area contributed by atoms with Crippen LogP contribution < -0.4 is 15.2 Å². The Kier molecular flexibility index (Phi) is 4.42. The molecular formula is C16H19NO2. The molecule has 0 bridgehead atoms. The zero-order valence-electron chi connectivity index (χ0n) is 11.3. The van der Waals surface area contributed by atoms with Crippen LogP contribution >= 0.6 is 0 Å². The Balaban J connectivity index is 2.08. The molecule has 0 heterocycles. The lowest BCUT2D eigenvalue weighted by Gasteiger charge is -2.09. The van der Waals surface area contributed by atoms with E-state index in [1.807, 2.05) is 55.5 Å². The van der Waals surface area contributed by atoms with Crippen LogP contribution in [0.15, 0.2) is 48.5 Å². The summed E-state index contributed by atoms with van der Waals surface area (Å²) in [6.45, 7) is 2.45. The molecule has 1 unspecified atom stereocenters. The second-order valence-electron chi connectivity index (χ2n) is 4.54. The highest BCUT2D eigenvalue weighted by Gasteiger charge is 2.00. The molecule has 0 amide bonds. The van der Waals surface area contributed by atoms with E-state index in [4.69, 9.17) is 15.2 Å². The molecule has 2 aromatic carbocycles. The molecule has 2 aromatic rings. The normalized spacial score (nSPS) is 11.9. The van der Waals surface area contributed by atoms with Gasteiger partial charge in [-0.1, -0.05) is 24.3 Å². The molecule has 0 spiro atoms. The summed E-state index contributed by atoms with van der Waals surface area (Å²) in [6.07, 6.45) is 0. The summed E-state index contributed by atoms with van der Waals surface area (Å²) < 4.78 is 10.7. The average Bonchev–Trinajstić information content (AvgIpc) is 2.46. The molecule has 0 aromatic heterocycles. The van der Waals surface area contributed by atoms with E-state index < -0.39 is 0 Å². The third-order valence-electron chi connectivity index (χ3n) is 2.79. The first-order valence-electron chi connectivity index (χ1n) is 6.32. The van der Waals surface area contributed by atoms with Gasteiger partial charge in [-0.25, -0.2) is 0 Å². The van der Waals surface area contributed by atoms with Crippen molar-refractivity contribution in [3.05, 3.63) is 48.5 Å². The fraction of sp³-hybridized carbons (Fsp3) is 0.250. The van der Waals surface area contributed by atoms with Crippen molar-refractivity contribution in [3.8, 4) is 22.6 Å². The van der Waals surface area contributed by atoms with Gasteiger partial charge in [0.15, 0.2) is 0 Å². The van der Waals surface area contributed by atoms with E-state index >= 15 is 0 Å². The first-order chi connectivity index (χ1) is 9.19. The van der Waals surface area contributed by atoms with Crippen LogP contribution in [-0.2, 0) is 0 Å². The van der Waals surface area contributed by atoms with Crippen LogP contribution in [0, 0.1) is 0 Å². The molecule has 2 N–H and O–H groups in total. The molecule has 3 heteroatoms. The third-order valence-corrected chi connectivity index (χ3v) is 2.79. The van der Waals surface area contributed by atoms with Crippen LogP contribution in [0.1, 0.15) is 6.92 Å². The lowest BCUT2D eigenvalue weighted by molar-refractivity contribution is 0.296. The van der Waals surface area contributed by atoms with Gasteiger partial charge in [-0.05, 0) is 42.3 Å². The Bertz CT molecular complexity index is 503. The van der Waals surface area contributed by atoms with Crippen molar-refractivity contribution in [2.75, 3.05) is 13.7 Å². The SMILES string of the molecule is COc1ccc(-c2ccc(OCC(C)N)cc2)cc1. The molecule has 1 atom stereocenters. The van der Waals surface area contributed by atoms with Gasteiger partial charge in [0.2, 0.25) is 0 Å². The van der Waals surface area contributed by atoms with Gasteiger partial charge in [-0.3, -0.25) is 0 Å². The summed E-state index contributed by atoms with van der Waals surface area (Å²) >= 11 is 0. The van der Waals surface area contributed by atoms with Crippen LogP contribution in [0.4, 0.5) is 0 Å². The summed E-state index contributed by atoms with van der Waals surface area (Å²) in [5, 5.41) is 0. The quantitative estimate of drug-likeness (QED) is 0.895. The Morgan fingerprint density at radius 3 is 1.79 bits per heavy atom. The lowest BCUT2D eigenvalue weighted by Crippen LogP contribution is -2.23. The van der Waals surface area contributed by atoms with Crippen LogP contribution in [0.5, 0.6) is 11.5 Å². The summed E-state index contributed by atoms with van der Waals surface area (Å²) in [5.74, 6) is 1.70. The van der Waals surface area contributed by atoms with E-state index in [9.17, 15) is 0 Å². The number of rotatable bonds is 5. The maximum Gasteiger partial charge on any atom is 0.119 e. The molecule has 0 saturated heterocycles. The van der Waals surface area contributed by atoms with E-state index in [-0.39, 0.29) is 6.04 Å². The molecular weight excluding hydrogens is 238 g/mol. The largest absolute Gasteiger partial charge is 0.497 e. The lowest BCUT2D eigenvalue weighted by atomic mass is 10.1. The maximum atomic E-state index is 5.65. The van der Waals surface area contributed by atoms with Gasteiger partial charge in [-0.2, -0.15) is 0 Å². The van der Waals surface area contributed by atoms with Crippen molar-refractivity contribution in [1.82, 2.24) is 0 Å². The molecule has 0 aliphatic carbocycles. The molecule has 100 valence electrons. The molecule has 0 aliphatic rings. The third kappa shape index (κ3) is 3.73. The molecule has 0 aliphatic heterocycles. The van der Waals surface area contributed by atoms with Gasteiger partial charge >= 0.3 is 0 Å². The molecule has 19 heavy (non-hydrogen) atoms. The highest BCUT2D eigenvalue weighted by atomic mass is 16.5. The predicted molar refractivity (Wildman–Crippen MR) is 77.6 cm³/mol. The smallest absolute Gasteiger partial charge is 0.119 e. The second kappa shape index (κ2) is 6.25. The molecule has 0 fully saturated rings. The Morgan fingerprint density at radius 2 is 1.37 bits per heavy atom. The molecule has 0 saturated carbocycles. The summed E-state index contributed by atoms with van der Waals surface area (Å²) in [5.41, 5.74) is 7.95. The van der Waals surface area contributed by atoms with Crippen molar-refractivity contribution in [1.29, 1.82) is 0 Å². The highest BCUT2D eigenvalue weighted by Crippen LogP contribution is 2.24. The Hall–Kier alpha value is -2.00. The molecule has 3 nitrogen and oxygen atoms in total. The highest BCUT2D eigenvalue weighted by molar-refractivity contribution is 5.64. The minimum atomic E-state index is 0.0428. The molecule has 0 radical (unpaired) electrons. The fourth-order valence-corrected chi connectivity index (χ4v) is 1.75. The van der Waals surface area contributed by atoms with Crippen molar-refractivity contribution < 1.29 is 9.47 Å².